The molecule has 1 saturated heterocycles. The number of piperazine rings is 1. The Morgan fingerprint density at radius 2 is 1.59 bits per heavy atom. The second kappa shape index (κ2) is 6.17. The van der Waals surface area contributed by atoms with Crippen LogP contribution in [0.4, 0.5) is 0 Å². The van der Waals surface area contributed by atoms with Gasteiger partial charge in [0.25, 0.3) is 0 Å². The summed E-state index contributed by atoms with van der Waals surface area (Å²) in [5.41, 5.74) is 6.22. The Bertz CT molecular complexity index is 212. The van der Waals surface area contributed by atoms with Crippen molar-refractivity contribution in [3.05, 3.63) is 0 Å². The average Bonchev–Trinajstić information content (AvgIpc) is 2.24. The predicted octanol–water partition coefficient (Wildman–Crippen LogP) is 1.78. The fourth-order valence-corrected chi connectivity index (χ4v) is 2.70. The third-order valence-electron chi connectivity index (χ3n) is 3.79. The molecule has 0 radical (unpaired) electrons. The van der Waals surface area contributed by atoms with Crippen LogP contribution >= 0.6 is 0 Å². The molecule has 0 aromatic rings. The van der Waals surface area contributed by atoms with Crippen LogP contribution in [0.1, 0.15) is 41.0 Å². The highest BCUT2D eigenvalue weighted by Crippen LogP contribution is 2.18. The molecule has 1 aliphatic heterocycles. The fourth-order valence-electron chi connectivity index (χ4n) is 2.70. The molecular weight excluding hydrogens is 210 g/mol. The summed E-state index contributed by atoms with van der Waals surface area (Å²) in [5.74, 6) is 0.740. The van der Waals surface area contributed by atoms with Gasteiger partial charge >= 0.3 is 0 Å². The topological polar surface area (TPSA) is 32.5 Å². The Kier molecular flexibility index (Phi) is 5.42. The van der Waals surface area contributed by atoms with Crippen molar-refractivity contribution in [1.82, 2.24) is 9.80 Å². The van der Waals surface area contributed by atoms with Crippen molar-refractivity contribution in [3.8, 4) is 0 Å². The molecule has 1 fully saturated rings. The summed E-state index contributed by atoms with van der Waals surface area (Å²) in [6.07, 6.45) is 1.23. The molecule has 1 rings (SSSR count). The van der Waals surface area contributed by atoms with Gasteiger partial charge in [0.15, 0.2) is 0 Å². The van der Waals surface area contributed by atoms with Gasteiger partial charge in [0, 0.05) is 44.3 Å². The van der Waals surface area contributed by atoms with Crippen LogP contribution in [0.2, 0.25) is 0 Å². The molecule has 17 heavy (non-hydrogen) atoms. The smallest absolute Gasteiger partial charge is 0.0221 e. The van der Waals surface area contributed by atoms with Crippen LogP contribution in [-0.4, -0.2) is 54.1 Å². The van der Waals surface area contributed by atoms with Gasteiger partial charge in [-0.05, 0) is 33.1 Å². The van der Waals surface area contributed by atoms with E-state index in [1.54, 1.807) is 0 Å². The average molecular weight is 241 g/mol. The highest BCUT2D eigenvalue weighted by Gasteiger charge is 2.28. The van der Waals surface area contributed by atoms with Crippen molar-refractivity contribution in [2.24, 2.45) is 11.7 Å². The highest BCUT2D eigenvalue weighted by atomic mass is 15.3. The molecule has 0 amide bonds. The van der Waals surface area contributed by atoms with Gasteiger partial charge in [-0.25, -0.2) is 0 Å². The molecule has 1 unspecified atom stereocenters. The van der Waals surface area contributed by atoms with E-state index in [1.165, 1.54) is 32.6 Å². The van der Waals surface area contributed by atoms with Crippen molar-refractivity contribution in [3.63, 3.8) is 0 Å². The molecule has 1 aliphatic rings. The van der Waals surface area contributed by atoms with E-state index >= 15 is 0 Å². The van der Waals surface area contributed by atoms with Gasteiger partial charge in [0.2, 0.25) is 0 Å². The van der Waals surface area contributed by atoms with Gasteiger partial charge in [0.05, 0.1) is 0 Å². The number of hydrogen-bond donors (Lipinski definition) is 1. The van der Waals surface area contributed by atoms with E-state index in [4.69, 9.17) is 5.73 Å². The van der Waals surface area contributed by atoms with Crippen molar-refractivity contribution >= 4 is 0 Å². The first kappa shape index (κ1) is 14.9. The Balaban J connectivity index is 2.44. The number of hydrogen-bond acceptors (Lipinski definition) is 3. The number of rotatable bonds is 4. The highest BCUT2D eigenvalue weighted by molar-refractivity contribution is 4.85. The van der Waals surface area contributed by atoms with Crippen LogP contribution in [0.15, 0.2) is 0 Å². The molecule has 0 spiro atoms. The standard InChI is InChI=1S/C14H31N3/c1-12(2)10-13(11-15)16-6-8-17(9-7-16)14(3,4)5/h12-13H,6-11,15H2,1-5H3. The zero-order chi connectivity index (χ0) is 13.1. The first-order valence-electron chi connectivity index (χ1n) is 7.03. The third-order valence-corrected chi connectivity index (χ3v) is 3.79. The summed E-state index contributed by atoms with van der Waals surface area (Å²) in [7, 11) is 0. The quantitative estimate of drug-likeness (QED) is 0.814. The minimum absolute atomic E-state index is 0.308. The van der Waals surface area contributed by atoms with E-state index in [1.807, 2.05) is 0 Å². The largest absolute Gasteiger partial charge is 0.329 e. The lowest BCUT2D eigenvalue weighted by molar-refractivity contribution is 0.0392. The SMILES string of the molecule is CC(C)CC(CN)N1CCN(C(C)(C)C)CC1. The van der Waals surface area contributed by atoms with E-state index < -0.39 is 0 Å². The van der Waals surface area contributed by atoms with Gasteiger partial charge in [0.1, 0.15) is 0 Å². The van der Waals surface area contributed by atoms with Crippen molar-refractivity contribution in [2.75, 3.05) is 32.7 Å². The van der Waals surface area contributed by atoms with E-state index in [9.17, 15) is 0 Å². The molecule has 1 heterocycles. The molecule has 0 aromatic heterocycles. The Labute approximate surface area is 107 Å². The van der Waals surface area contributed by atoms with Crippen LogP contribution in [0.5, 0.6) is 0 Å². The zero-order valence-corrected chi connectivity index (χ0v) is 12.4. The maximum absolute atomic E-state index is 5.92. The molecular formula is C14H31N3. The summed E-state index contributed by atoms with van der Waals surface area (Å²) >= 11 is 0. The summed E-state index contributed by atoms with van der Waals surface area (Å²) in [4.78, 5) is 5.16. The monoisotopic (exact) mass is 241 g/mol. The minimum atomic E-state index is 0.308. The lowest BCUT2D eigenvalue weighted by Gasteiger charge is -2.44. The van der Waals surface area contributed by atoms with Gasteiger partial charge in [-0.2, -0.15) is 0 Å². The predicted molar refractivity (Wildman–Crippen MR) is 75.2 cm³/mol. The second-order valence-corrected chi connectivity index (χ2v) is 6.71. The molecule has 3 nitrogen and oxygen atoms in total. The van der Waals surface area contributed by atoms with Crippen molar-refractivity contribution < 1.29 is 0 Å². The maximum atomic E-state index is 5.92. The van der Waals surface area contributed by atoms with Crippen molar-refractivity contribution in [1.29, 1.82) is 0 Å². The Hall–Kier alpha value is -0.120. The maximum Gasteiger partial charge on any atom is 0.0221 e. The summed E-state index contributed by atoms with van der Waals surface area (Å²) in [5, 5.41) is 0. The van der Waals surface area contributed by atoms with E-state index in [2.05, 4.69) is 44.4 Å². The van der Waals surface area contributed by atoms with Crippen LogP contribution in [0, 0.1) is 5.92 Å². The second-order valence-electron chi connectivity index (χ2n) is 6.71. The van der Waals surface area contributed by atoms with Gasteiger partial charge in [-0.15, -0.1) is 0 Å². The molecule has 1 atom stereocenters. The first-order chi connectivity index (χ1) is 7.84. The number of nitrogens with two attached hydrogens (primary N) is 1. The first-order valence-corrected chi connectivity index (χ1v) is 7.03. The van der Waals surface area contributed by atoms with Gasteiger partial charge < -0.3 is 5.73 Å². The molecule has 3 heteroatoms. The lowest BCUT2D eigenvalue weighted by Crippen LogP contribution is -2.56. The summed E-state index contributed by atoms with van der Waals surface area (Å²) < 4.78 is 0. The van der Waals surface area contributed by atoms with Gasteiger partial charge in [-0.3, -0.25) is 9.80 Å². The molecule has 0 aliphatic carbocycles. The lowest BCUT2D eigenvalue weighted by atomic mass is 10.0. The Morgan fingerprint density at radius 3 is 1.94 bits per heavy atom. The van der Waals surface area contributed by atoms with Crippen LogP contribution in [0.3, 0.4) is 0 Å². The van der Waals surface area contributed by atoms with E-state index in [0.29, 0.717) is 11.6 Å². The fraction of sp³-hybridized carbons (Fsp3) is 1.00. The van der Waals surface area contributed by atoms with E-state index in [0.717, 1.165) is 12.5 Å². The summed E-state index contributed by atoms with van der Waals surface area (Å²) in [6, 6.07) is 0.581. The molecule has 102 valence electrons. The molecule has 0 bridgehead atoms. The van der Waals surface area contributed by atoms with E-state index in [-0.39, 0.29) is 0 Å². The van der Waals surface area contributed by atoms with Crippen molar-refractivity contribution in [2.45, 2.75) is 52.6 Å². The molecule has 2 N–H and O–H groups in total. The Morgan fingerprint density at radius 1 is 1.06 bits per heavy atom. The third kappa shape index (κ3) is 4.57. The van der Waals surface area contributed by atoms with Crippen LogP contribution in [0.25, 0.3) is 0 Å². The molecule has 0 saturated carbocycles. The van der Waals surface area contributed by atoms with Crippen LogP contribution in [-0.2, 0) is 0 Å². The normalized spacial score (nSPS) is 22.1. The molecule has 0 aromatic carbocycles. The summed E-state index contributed by atoms with van der Waals surface area (Å²) in [6.45, 7) is 17.0. The zero-order valence-electron chi connectivity index (χ0n) is 12.4. The van der Waals surface area contributed by atoms with Gasteiger partial charge in [-0.1, -0.05) is 13.8 Å². The van der Waals surface area contributed by atoms with Crippen LogP contribution < -0.4 is 5.73 Å². The minimum Gasteiger partial charge on any atom is -0.329 e. The number of nitrogens with zero attached hydrogens (tertiary/aromatic N) is 2.